The number of benzene rings is 2. The Kier molecular flexibility index (Phi) is 5.83. The van der Waals surface area contributed by atoms with Gasteiger partial charge in [-0.05, 0) is 35.9 Å². The number of rotatable bonds is 5. The summed E-state index contributed by atoms with van der Waals surface area (Å²) in [6.07, 6.45) is 0. The molecule has 0 aromatic heterocycles. The highest BCUT2D eigenvalue weighted by molar-refractivity contribution is 7.89. The van der Waals surface area contributed by atoms with Gasteiger partial charge in [-0.1, -0.05) is 12.1 Å². The summed E-state index contributed by atoms with van der Waals surface area (Å²) in [5, 5.41) is 0. The van der Waals surface area contributed by atoms with E-state index >= 15 is 0 Å². The number of nitrogens with zero attached hydrogens (tertiary/aromatic N) is 1. The first-order valence-corrected chi connectivity index (χ1v) is 9.61. The normalized spacial score (nSPS) is 15.5. The Balaban J connectivity index is 1.70. The molecule has 0 radical (unpaired) electrons. The van der Waals surface area contributed by atoms with Crippen molar-refractivity contribution in [2.45, 2.75) is 11.5 Å². The van der Waals surface area contributed by atoms with E-state index in [2.05, 4.69) is 0 Å². The number of morpholine rings is 1. The van der Waals surface area contributed by atoms with Gasteiger partial charge >= 0.3 is 5.97 Å². The summed E-state index contributed by atoms with van der Waals surface area (Å²) in [5.74, 6) is -3.05. The topological polar surface area (TPSA) is 72.9 Å². The highest BCUT2D eigenvalue weighted by Gasteiger charge is 2.26. The van der Waals surface area contributed by atoms with Crippen LogP contribution >= 0.6 is 0 Å². The monoisotopic (exact) mass is 397 g/mol. The fraction of sp³-hybridized carbons (Fsp3) is 0.278. The minimum Gasteiger partial charge on any atom is -0.457 e. The van der Waals surface area contributed by atoms with E-state index in [1.54, 1.807) is 12.1 Å². The standard InChI is InChI=1S/C18H17F2NO5S/c19-16-5-4-14(11-17(16)20)18(22)26-12-13-2-1-3-15(10-13)27(23,24)21-6-8-25-9-7-21/h1-5,10-11H,6-9,12H2. The molecule has 3 rings (SSSR count). The molecule has 0 saturated carbocycles. The maximum atomic E-state index is 13.2. The number of carbonyl (C=O) groups excluding carboxylic acids is 1. The Bertz CT molecular complexity index is 943. The minimum absolute atomic E-state index is 0.0887. The van der Waals surface area contributed by atoms with Crippen molar-refractivity contribution in [1.29, 1.82) is 0 Å². The lowest BCUT2D eigenvalue weighted by molar-refractivity contribution is 0.0471. The van der Waals surface area contributed by atoms with Crippen molar-refractivity contribution in [2.75, 3.05) is 26.3 Å². The molecule has 1 heterocycles. The van der Waals surface area contributed by atoms with Crippen LogP contribution in [0.5, 0.6) is 0 Å². The maximum Gasteiger partial charge on any atom is 0.338 e. The number of hydrogen-bond acceptors (Lipinski definition) is 5. The van der Waals surface area contributed by atoms with Gasteiger partial charge in [-0.2, -0.15) is 4.31 Å². The summed E-state index contributed by atoms with van der Waals surface area (Å²) < 4.78 is 63.0. The third-order valence-corrected chi connectivity index (χ3v) is 5.93. The Hall–Kier alpha value is -2.36. The van der Waals surface area contributed by atoms with Gasteiger partial charge in [-0.25, -0.2) is 22.0 Å². The Morgan fingerprint density at radius 2 is 1.81 bits per heavy atom. The maximum absolute atomic E-state index is 13.2. The first-order chi connectivity index (χ1) is 12.9. The molecular formula is C18H17F2NO5S. The summed E-state index contributed by atoms with van der Waals surface area (Å²) in [6, 6.07) is 8.73. The smallest absolute Gasteiger partial charge is 0.338 e. The van der Waals surface area contributed by atoms with Crippen molar-refractivity contribution in [3.05, 3.63) is 65.2 Å². The summed E-state index contributed by atoms with van der Waals surface area (Å²) >= 11 is 0. The van der Waals surface area contributed by atoms with Crippen LogP contribution in [0, 0.1) is 11.6 Å². The van der Waals surface area contributed by atoms with Crippen LogP contribution in [0.25, 0.3) is 0 Å². The Labute approximate surface area is 155 Å². The molecule has 0 aliphatic carbocycles. The van der Waals surface area contributed by atoms with E-state index in [0.29, 0.717) is 18.8 Å². The lowest BCUT2D eigenvalue weighted by atomic mass is 10.2. The first-order valence-electron chi connectivity index (χ1n) is 8.17. The summed E-state index contributed by atoms with van der Waals surface area (Å²) in [4.78, 5) is 12.0. The number of esters is 1. The molecule has 1 aliphatic rings. The molecule has 0 bridgehead atoms. The number of ether oxygens (including phenoxy) is 2. The average Bonchev–Trinajstić information content (AvgIpc) is 2.69. The molecule has 6 nitrogen and oxygen atoms in total. The molecule has 0 unspecified atom stereocenters. The first kappa shape index (κ1) is 19.4. The molecular weight excluding hydrogens is 380 g/mol. The van der Waals surface area contributed by atoms with Crippen LogP contribution in [0.3, 0.4) is 0 Å². The van der Waals surface area contributed by atoms with Crippen molar-refractivity contribution >= 4 is 16.0 Å². The SMILES string of the molecule is O=C(OCc1cccc(S(=O)(=O)N2CCOCC2)c1)c1ccc(F)c(F)c1. The van der Waals surface area contributed by atoms with E-state index in [1.807, 2.05) is 0 Å². The van der Waals surface area contributed by atoms with Gasteiger partial charge in [0.25, 0.3) is 0 Å². The van der Waals surface area contributed by atoms with Crippen LogP contribution in [0.1, 0.15) is 15.9 Å². The molecule has 9 heteroatoms. The van der Waals surface area contributed by atoms with Gasteiger partial charge in [0.15, 0.2) is 11.6 Å². The van der Waals surface area contributed by atoms with Gasteiger partial charge in [0, 0.05) is 13.1 Å². The molecule has 1 fully saturated rings. The lowest BCUT2D eigenvalue weighted by Crippen LogP contribution is -2.40. The molecule has 0 spiro atoms. The predicted octanol–water partition coefficient (Wildman–Crippen LogP) is 2.34. The molecule has 2 aromatic carbocycles. The van der Waals surface area contributed by atoms with Crippen molar-refractivity contribution < 1.29 is 31.5 Å². The zero-order valence-corrected chi connectivity index (χ0v) is 15.0. The minimum atomic E-state index is -3.66. The van der Waals surface area contributed by atoms with Gasteiger partial charge in [-0.3, -0.25) is 0 Å². The second-order valence-electron chi connectivity index (χ2n) is 5.87. The van der Waals surface area contributed by atoms with Crippen molar-refractivity contribution in [3.63, 3.8) is 0 Å². The quantitative estimate of drug-likeness (QED) is 0.725. The zero-order valence-electron chi connectivity index (χ0n) is 14.2. The van der Waals surface area contributed by atoms with Crippen LogP contribution in [-0.2, 0) is 26.1 Å². The fourth-order valence-corrected chi connectivity index (χ4v) is 4.07. The Morgan fingerprint density at radius 3 is 2.52 bits per heavy atom. The van der Waals surface area contributed by atoms with Crippen LogP contribution in [-0.4, -0.2) is 45.0 Å². The molecule has 0 amide bonds. The van der Waals surface area contributed by atoms with Crippen LogP contribution in [0.4, 0.5) is 8.78 Å². The van der Waals surface area contributed by atoms with E-state index < -0.39 is 27.6 Å². The second-order valence-corrected chi connectivity index (χ2v) is 7.81. The Morgan fingerprint density at radius 1 is 1.07 bits per heavy atom. The van der Waals surface area contributed by atoms with Gasteiger partial charge in [0.2, 0.25) is 10.0 Å². The molecule has 1 aliphatic heterocycles. The second kappa shape index (κ2) is 8.12. The number of carbonyl (C=O) groups is 1. The summed E-state index contributed by atoms with van der Waals surface area (Å²) in [6.45, 7) is 1.02. The number of halogens is 2. The average molecular weight is 397 g/mol. The largest absolute Gasteiger partial charge is 0.457 e. The summed E-state index contributed by atoms with van der Waals surface area (Å²) in [7, 11) is -3.66. The fourth-order valence-electron chi connectivity index (χ4n) is 2.59. The van der Waals surface area contributed by atoms with Crippen LogP contribution < -0.4 is 0 Å². The van der Waals surface area contributed by atoms with Crippen molar-refractivity contribution in [1.82, 2.24) is 4.31 Å². The van der Waals surface area contributed by atoms with E-state index in [4.69, 9.17) is 9.47 Å². The van der Waals surface area contributed by atoms with Crippen LogP contribution in [0.2, 0.25) is 0 Å². The number of hydrogen-bond donors (Lipinski definition) is 0. The predicted molar refractivity (Wildman–Crippen MR) is 91.5 cm³/mol. The van der Waals surface area contributed by atoms with Gasteiger partial charge in [0.1, 0.15) is 6.61 Å². The highest BCUT2D eigenvalue weighted by atomic mass is 32.2. The van der Waals surface area contributed by atoms with Gasteiger partial charge in [0.05, 0.1) is 23.7 Å². The zero-order chi connectivity index (χ0) is 19.4. The molecule has 2 aromatic rings. The van der Waals surface area contributed by atoms with E-state index in [0.717, 1.165) is 18.2 Å². The summed E-state index contributed by atoms with van der Waals surface area (Å²) in [5.41, 5.74) is 0.325. The van der Waals surface area contributed by atoms with Gasteiger partial charge in [-0.15, -0.1) is 0 Å². The number of sulfonamides is 1. The molecule has 0 atom stereocenters. The highest BCUT2D eigenvalue weighted by Crippen LogP contribution is 2.19. The van der Waals surface area contributed by atoms with Crippen molar-refractivity contribution in [3.8, 4) is 0 Å². The van der Waals surface area contributed by atoms with E-state index in [1.165, 1.54) is 16.4 Å². The molecule has 1 saturated heterocycles. The van der Waals surface area contributed by atoms with E-state index in [-0.39, 0.29) is 30.2 Å². The van der Waals surface area contributed by atoms with Gasteiger partial charge < -0.3 is 9.47 Å². The van der Waals surface area contributed by atoms with Crippen LogP contribution in [0.15, 0.2) is 47.4 Å². The molecule has 27 heavy (non-hydrogen) atoms. The van der Waals surface area contributed by atoms with E-state index in [9.17, 15) is 22.0 Å². The molecule has 144 valence electrons. The lowest BCUT2D eigenvalue weighted by Gasteiger charge is -2.26. The molecule has 0 N–H and O–H groups in total. The third kappa shape index (κ3) is 4.49. The third-order valence-electron chi connectivity index (χ3n) is 4.03. The van der Waals surface area contributed by atoms with Crippen molar-refractivity contribution in [2.24, 2.45) is 0 Å².